The molecule has 0 unspecified atom stereocenters. The average molecular weight is 335 g/mol. The Labute approximate surface area is 140 Å². The molecule has 0 aliphatic carbocycles. The summed E-state index contributed by atoms with van der Waals surface area (Å²) in [6.45, 7) is 1.75. The molecule has 0 bridgehead atoms. The van der Waals surface area contributed by atoms with E-state index < -0.39 is 0 Å². The Balaban J connectivity index is 1.89. The van der Waals surface area contributed by atoms with Gasteiger partial charge in [-0.2, -0.15) is 0 Å². The molecule has 0 saturated carbocycles. The highest BCUT2D eigenvalue weighted by Gasteiger charge is 2.08. The number of benzene rings is 1. The molecule has 1 heterocycles. The van der Waals surface area contributed by atoms with Crippen molar-refractivity contribution >= 4 is 23.3 Å². The lowest BCUT2D eigenvalue weighted by Gasteiger charge is -2.08. The van der Waals surface area contributed by atoms with Crippen LogP contribution in [0.15, 0.2) is 36.7 Å². The first-order valence-corrected chi connectivity index (χ1v) is 7.64. The molecule has 1 aromatic carbocycles. The van der Waals surface area contributed by atoms with Crippen LogP contribution in [0.4, 0.5) is 5.82 Å². The van der Waals surface area contributed by atoms with Gasteiger partial charge in [0.2, 0.25) is 0 Å². The summed E-state index contributed by atoms with van der Waals surface area (Å²) in [6, 6.07) is 7.33. The molecule has 1 amide bonds. The predicted octanol–water partition coefficient (Wildman–Crippen LogP) is 2.51. The van der Waals surface area contributed by atoms with E-state index in [1.165, 1.54) is 6.20 Å². The molecule has 0 aliphatic rings. The van der Waals surface area contributed by atoms with Crippen LogP contribution in [0, 0.1) is 0 Å². The maximum absolute atomic E-state index is 12.1. The minimum Gasteiger partial charge on any atom is -0.385 e. The second-order valence-corrected chi connectivity index (χ2v) is 5.31. The van der Waals surface area contributed by atoms with Crippen molar-refractivity contribution in [3.05, 3.63) is 52.9 Å². The van der Waals surface area contributed by atoms with Crippen LogP contribution in [0.1, 0.15) is 22.5 Å². The summed E-state index contributed by atoms with van der Waals surface area (Å²) < 4.78 is 4.97. The molecule has 0 spiro atoms. The summed E-state index contributed by atoms with van der Waals surface area (Å²) in [5.74, 6) is 0.287. The van der Waals surface area contributed by atoms with Gasteiger partial charge in [-0.1, -0.05) is 23.7 Å². The molecule has 0 fully saturated rings. The molecule has 2 rings (SSSR count). The number of hydrogen-bond acceptors (Lipinski definition) is 5. The van der Waals surface area contributed by atoms with Gasteiger partial charge in [-0.15, -0.1) is 0 Å². The second-order valence-electron chi connectivity index (χ2n) is 4.88. The third-order valence-electron chi connectivity index (χ3n) is 3.04. The normalized spacial score (nSPS) is 10.3. The van der Waals surface area contributed by atoms with Gasteiger partial charge in [0.25, 0.3) is 5.91 Å². The second kappa shape index (κ2) is 9.07. The van der Waals surface area contributed by atoms with Gasteiger partial charge in [0.1, 0.15) is 11.5 Å². The van der Waals surface area contributed by atoms with Gasteiger partial charge in [-0.05, 0) is 24.1 Å². The Bertz CT molecular complexity index is 651. The number of nitrogens with zero attached hydrogens (tertiary/aromatic N) is 2. The summed E-state index contributed by atoms with van der Waals surface area (Å²) in [5, 5.41) is 6.54. The number of hydrogen-bond donors (Lipinski definition) is 2. The maximum atomic E-state index is 12.1. The molecule has 0 saturated heterocycles. The Kier molecular flexibility index (Phi) is 6.77. The summed E-state index contributed by atoms with van der Waals surface area (Å²) in [5.41, 5.74) is 1.19. The van der Waals surface area contributed by atoms with E-state index in [0.717, 1.165) is 12.0 Å². The number of aromatic nitrogens is 2. The number of anilines is 1. The number of ether oxygens (including phenoxy) is 1. The van der Waals surface area contributed by atoms with Crippen LogP contribution in [0.2, 0.25) is 5.02 Å². The third kappa shape index (κ3) is 5.84. The fourth-order valence-electron chi connectivity index (χ4n) is 1.91. The van der Waals surface area contributed by atoms with E-state index in [2.05, 4.69) is 20.6 Å². The smallest absolute Gasteiger partial charge is 0.271 e. The van der Waals surface area contributed by atoms with Crippen LogP contribution in [-0.2, 0) is 11.3 Å². The monoisotopic (exact) mass is 334 g/mol. The molecule has 6 nitrogen and oxygen atoms in total. The lowest BCUT2D eigenvalue weighted by Crippen LogP contribution is -2.24. The van der Waals surface area contributed by atoms with Crippen molar-refractivity contribution in [3.63, 3.8) is 0 Å². The summed E-state index contributed by atoms with van der Waals surface area (Å²) in [4.78, 5) is 20.4. The standard InChI is InChI=1S/C16H19ClN4O2/c1-23-7-3-6-19-15-11-18-10-14(21-15)16(22)20-9-12-4-2-5-13(17)8-12/h2,4-5,8,10-11H,3,6-7,9H2,1H3,(H,19,21)(H,20,22). The van der Waals surface area contributed by atoms with Crippen molar-refractivity contribution in [1.29, 1.82) is 0 Å². The highest BCUT2D eigenvalue weighted by atomic mass is 35.5. The van der Waals surface area contributed by atoms with E-state index in [1.54, 1.807) is 25.4 Å². The SMILES string of the molecule is COCCCNc1cncc(C(=O)NCc2cccc(Cl)c2)n1. The number of carbonyl (C=O) groups excluding carboxylic acids is 1. The van der Waals surface area contributed by atoms with Crippen molar-refractivity contribution < 1.29 is 9.53 Å². The van der Waals surface area contributed by atoms with Crippen LogP contribution < -0.4 is 10.6 Å². The maximum Gasteiger partial charge on any atom is 0.271 e. The van der Waals surface area contributed by atoms with E-state index in [4.69, 9.17) is 16.3 Å². The van der Waals surface area contributed by atoms with Crippen molar-refractivity contribution in [3.8, 4) is 0 Å². The van der Waals surface area contributed by atoms with Gasteiger partial charge >= 0.3 is 0 Å². The summed E-state index contributed by atoms with van der Waals surface area (Å²) >= 11 is 5.92. The summed E-state index contributed by atoms with van der Waals surface area (Å²) in [7, 11) is 1.66. The van der Waals surface area contributed by atoms with Crippen LogP contribution in [-0.4, -0.2) is 36.1 Å². The van der Waals surface area contributed by atoms with Crippen molar-refractivity contribution in [1.82, 2.24) is 15.3 Å². The van der Waals surface area contributed by atoms with Gasteiger partial charge in [-0.3, -0.25) is 9.78 Å². The number of methoxy groups -OCH3 is 1. The fraction of sp³-hybridized carbons (Fsp3) is 0.312. The van der Waals surface area contributed by atoms with E-state index >= 15 is 0 Å². The minimum atomic E-state index is -0.280. The van der Waals surface area contributed by atoms with E-state index in [9.17, 15) is 4.79 Å². The number of nitrogens with one attached hydrogen (secondary N) is 2. The van der Waals surface area contributed by atoms with E-state index in [0.29, 0.717) is 30.5 Å². The Morgan fingerprint density at radius 1 is 1.35 bits per heavy atom. The van der Waals surface area contributed by atoms with E-state index in [-0.39, 0.29) is 11.6 Å². The molecule has 122 valence electrons. The highest BCUT2D eigenvalue weighted by Crippen LogP contribution is 2.10. The molecular formula is C16H19ClN4O2. The van der Waals surface area contributed by atoms with E-state index in [1.807, 2.05) is 12.1 Å². The number of carbonyl (C=O) groups is 1. The van der Waals surface area contributed by atoms with Crippen LogP contribution in [0.3, 0.4) is 0 Å². The largest absolute Gasteiger partial charge is 0.385 e. The van der Waals surface area contributed by atoms with Gasteiger partial charge in [0.05, 0.1) is 12.4 Å². The van der Waals surface area contributed by atoms with Gasteiger partial charge in [0.15, 0.2) is 0 Å². The van der Waals surface area contributed by atoms with Crippen molar-refractivity contribution in [2.75, 3.05) is 25.6 Å². The number of rotatable bonds is 8. The van der Waals surface area contributed by atoms with Crippen LogP contribution in [0.5, 0.6) is 0 Å². The molecule has 0 aliphatic heterocycles. The molecule has 2 N–H and O–H groups in total. The lowest BCUT2D eigenvalue weighted by molar-refractivity contribution is 0.0945. The molecule has 1 aromatic heterocycles. The van der Waals surface area contributed by atoms with Crippen molar-refractivity contribution in [2.24, 2.45) is 0 Å². The Morgan fingerprint density at radius 2 is 2.22 bits per heavy atom. The zero-order valence-electron chi connectivity index (χ0n) is 12.9. The predicted molar refractivity (Wildman–Crippen MR) is 89.6 cm³/mol. The minimum absolute atomic E-state index is 0.267. The first-order chi connectivity index (χ1) is 11.2. The van der Waals surface area contributed by atoms with Gasteiger partial charge in [-0.25, -0.2) is 4.98 Å². The molecule has 0 radical (unpaired) electrons. The average Bonchev–Trinajstić information content (AvgIpc) is 2.57. The van der Waals surface area contributed by atoms with Crippen molar-refractivity contribution in [2.45, 2.75) is 13.0 Å². The van der Waals surface area contributed by atoms with Gasteiger partial charge < -0.3 is 15.4 Å². The highest BCUT2D eigenvalue weighted by molar-refractivity contribution is 6.30. The lowest BCUT2D eigenvalue weighted by atomic mass is 10.2. The number of halogens is 1. The third-order valence-corrected chi connectivity index (χ3v) is 3.28. The van der Waals surface area contributed by atoms with Crippen LogP contribution >= 0.6 is 11.6 Å². The Hall–Kier alpha value is -2.18. The number of amides is 1. The summed E-state index contributed by atoms with van der Waals surface area (Å²) in [6.07, 6.45) is 3.87. The fourth-order valence-corrected chi connectivity index (χ4v) is 2.13. The first-order valence-electron chi connectivity index (χ1n) is 7.26. The Morgan fingerprint density at radius 3 is 3.00 bits per heavy atom. The van der Waals surface area contributed by atoms with Gasteiger partial charge in [0, 0.05) is 31.8 Å². The molecule has 0 atom stereocenters. The molecule has 2 aromatic rings. The molecule has 7 heteroatoms. The molecular weight excluding hydrogens is 316 g/mol. The zero-order valence-corrected chi connectivity index (χ0v) is 13.6. The molecule has 23 heavy (non-hydrogen) atoms. The van der Waals surface area contributed by atoms with Crippen LogP contribution in [0.25, 0.3) is 0 Å². The quantitative estimate of drug-likeness (QED) is 0.725. The topological polar surface area (TPSA) is 76.1 Å². The first kappa shape index (κ1) is 17.2. The zero-order chi connectivity index (χ0) is 16.5.